The fraction of sp³-hybridized carbons (Fsp3) is 0.455. The number of benzene rings is 1. The quantitative estimate of drug-likeness (QED) is 0.782. The second-order valence-electron chi connectivity index (χ2n) is 3.41. The van der Waals surface area contributed by atoms with E-state index in [-0.39, 0.29) is 0 Å². The van der Waals surface area contributed by atoms with Crippen LogP contribution in [-0.2, 0) is 0 Å². The molecule has 3 N–H and O–H groups in total. The molecule has 4 nitrogen and oxygen atoms in total. The first-order valence-electron chi connectivity index (χ1n) is 4.75. The molecule has 0 aliphatic rings. The molecule has 1 rings (SSSR count). The number of hydrogen-bond donors (Lipinski definition) is 2. The third-order valence-electron chi connectivity index (χ3n) is 2.28. The highest BCUT2D eigenvalue weighted by atomic mass is 16.5. The van der Waals surface area contributed by atoms with Crippen molar-refractivity contribution in [2.24, 2.45) is 5.73 Å². The minimum atomic E-state index is -0.609. The molecule has 1 aromatic carbocycles. The van der Waals surface area contributed by atoms with Gasteiger partial charge in [-0.2, -0.15) is 0 Å². The molecule has 0 aliphatic carbocycles. The number of aliphatic hydroxyl groups is 1. The fourth-order valence-electron chi connectivity index (χ4n) is 1.30. The summed E-state index contributed by atoms with van der Waals surface area (Å²) in [7, 11) is 3.15. The highest BCUT2D eigenvalue weighted by Crippen LogP contribution is 2.26. The van der Waals surface area contributed by atoms with Crippen LogP contribution in [-0.4, -0.2) is 25.4 Å². The second-order valence-corrected chi connectivity index (χ2v) is 3.41. The van der Waals surface area contributed by atoms with E-state index in [9.17, 15) is 5.11 Å². The van der Waals surface area contributed by atoms with E-state index in [4.69, 9.17) is 15.2 Å². The van der Waals surface area contributed by atoms with E-state index in [0.29, 0.717) is 11.5 Å². The second kappa shape index (κ2) is 5.00. The van der Waals surface area contributed by atoms with E-state index in [1.54, 1.807) is 39.3 Å². The highest BCUT2D eigenvalue weighted by molar-refractivity contribution is 5.40. The molecule has 15 heavy (non-hydrogen) atoms. The highest BCUT2D eigenvalue weighted by Gasteiger charge is 2.14. The average Bonchev–Trinajstić information content (AvgIpc) is 2.27. The maximum absolute atomic E-state index is 9.39. The first-order chi connectivity index (χ1) is 7.08. The van der Waals surface area contributed by atoms with Crippen LogP contribution in [0.3, 0.4) is 0 Å². The predicted molar refractivity (Wildman–Crippen MR) is 58.2 cm³/mol. The number of hydrogen-bond acceptors (Lipinski definition) is 4. The zero-order chi connectivity index (χ0) is 11.4. The van der Waals surface area contributed by atoms with Gasteiger partial charge in [-0.15, -0.1) is 0 Å². The van der Waals surface area contributed by atoms with Crippen LogP contribution in [0.2, 0.25) is 0 Å². The maximum Gasteiger partial charge on any atom is 0.122 e. The molecule has 2 atom stereocenters. The molecule has 0 saturated carbocycles. The zero-order valence-corrected chi connectivity index (χ0v) is 9.23. The summed E-state index contributed by atoms with van der Waals surface area (Å²) in [5.74, 6) is 1.33. The van der Waals surface area contributed by atoms with Crippen molar-refractivity contribution in [1.29, 1.82) is 0 Å². The van der Waals surface area contributed by atoms with Gasteiger partial charge in [0.2, 0.25) is 0 Å². The lowest BCUT2D eigenvalue weighted by atomic mass is 10.0. The van der Waals surface area contributed by atoms with Crippen LogP contribution in [0.1, 0.15) is 18.5 Å². The lowest BCUT2D eigenvalue weighted by molar-refractivity contribution is 0.164. The Hall–Kier alpha value is -1.26. The topological polar surface area (TPSA) is 64.7 Å². The summed E-state index contributed by atoms with van der Waals surface area (Å²) in [5.41, 5.74) is 6.62. The Morgan fingerprint density at radius 2 is 1.60 bits per heavy atom. The van der Waals surface area contributed by atoms with E-state index >= 15 is 0 Å². The van der Waals surface area contributed by atoms with Gasteiger partial charge < -0.3 is 20.3 Å². The summed E-state index contributed by atoms with van der Waals surface area (Å²) in [6.45, 7) is 1.65. The molecule has 0 spiro atoms. The van der Waals surface area contributed by atoms with E-state index < -0.39 is 12.1 Å². The van der Waals surface area contributed by atoms with Gasteiger partial charge >= 0.3 is 0 Å². The molecule has 0 heterocycles. The van der Waals surface area contributed by atoms with Gasteiger partial charge in [0.05, 0.1) is 26.4 Å². The van der Waals surface area contributed by atoms with Crippen molar-refractivity contribution in [1.82, 2.24) is 0 Å². The monoisotopic (exact) mass is 211 g/mol. The Labute approximate surface area is 89.6 Å². The molecule has 84 valence electrons. The van der Waals surface area contributed by atoms with Gasteiger partial charge in [0.15, 0.2) is 0 Å². The van der Waals surface area contributed by atoms with Crippen molar-refractivity contribution in [3.05, 3.63) is 23.8 Å². The SMILES string of the molecule is COc1cc(OC)cc(C(N)C(C)O)c1. The molecule has 0 aliphatic heterocycles. The molecule has 0 radical (unpaired) electrons. The molecule has 0 fully saturated rings. The van der Waals surface area contributed by atoms with Crippen LogP contribution >= 0.6 is 0 Å². The molecular weight excluding hydrogens is 194 g/mol. The third-order valence-corrected chi connectivity index (χ3v) is 2.28. The maximum atomic E-state index is 9.39. The van der Waals surface area contributed by atoms with Gasteiger partial charge in [-0.3, -0.25) is 0 Å². The molecule has 0 bridgehead atoms. The Morgan fingerprint density at radius 1 is 1.13 bits per heavy atom. The number of aliphatic hydroxyl groups excluding tert-OH is 1. The Morgan fingerprint density at radius 3 is 1.93 bits per heavy atom. The molecule has 0 aromatic heterocycles. The van der Waals surface area contributed by atoms with Gasteiger partial charge in [-0.05, 0) is 24.6 Å². The molecule has 1 aromatic rings. The van der Waals surface area contributed by atoms with Crippen molar-refractivity contribution in [3.63, 3.8) is 0 Å². The van der Waals surface area contributed by atoms with Crippen molar-refractivity contribution in [2.45, 2.75) is 19.1 Å². The Balaban J connectivity index is 3.06. The van der Waals surface area contributed by atoms with Crippen molar-refractivity contribution in [2.75, 3.05) is 14.2 Å². The standard InChI is InChI=1S/C11H17NO3/c1-7(13)11(12)8-4-9(14-2)6-10(5-8)15-3/h4-7,11,13H,12H2,1-3H3. The van der Waals surface area contributed by atoms with E-state index in [1.165, 1.54) is 0 Å². The van der Waals surface area contributed by atoms with Crippen LogP contribution in [0.15, 0.2) is 18.2 Å². The van der Waals surface area contributed by atoms with Crippen molar-refractivity contribution in [3.8, 4) is 11.5 Å². The van der Waals surface area contributed by atoms with Gasteiger partial charge in [0.25, 0.3) is 0 Å². The minimum Gasteiger partial charge on any atom is -0.497 e. The number of rotatable bonds is 4. The summed E-state index contributed by atoms with van der Waals surface area (Å²) >= 11 is 0. The zero-order valence-electron chi connectivity index (χ0n) is 9.23. The van der Waals surface area contributed by atoms with E-state index in [0.717, 1.165) is 5.56 Å². The van der Waals surface area contributed by atoms with Crippen molar-refractivity contribution < 1.29 is 14.6 Å². The largest absolute Gasteiger partial charge is 0.497 e. The van der Waals surface area contributed by atoms with Crippen LogP contribution in [0, 0.1) is 0 Å². The third kappa shape index (κ3) is 2.84. The smallest absolute Gasteiger partial charge is 0.122 e. The summed E-state index contributed by atoms with van der Waals surface area (Å²) in [6.07, 6.45) is -0.609. The molecule has 2 unspecified atom stereocenters. The molecular formula is C11H17NO3. The van der Waals surface area contributed by atoms with Crippen LogP contribution in [0.25, 0.3) is 0 Å². The van der Waals surface area contributed by atoms with Gasteiger partial charge in [-0.1, -0.05) is 0 Å². The number of ether oxygens (including phenoxy) is 2. The first-order valence-corrected chi connectivity index (χ1v) is 4.75. The van der Waals surface area contributed by atoms with Crippen molar-refractivity contribution >= 4 is 0 Å². The van der Waals surface area contributed by atoms with E-state index in [1.807, 2.05) is 0 Å². The Bertz CT molecular complexity index is 303. The average molecular weight is 211 g/mol. The lowest BCUT2D eigenvalue weighted by Gasteiger charge is -2.16. The van der Waals surface area contributed by atoms with Crippen LogP contribution < -0.4 is 15.2 Å². The van der Waals surface area contributed by atoms with E-state index in [2.05, 4.69) is 0 Å². The molecule has 4 heteroatoms. The minimum absolute atomic E-state index is 0.436. The van der Waals surface area contributed by atoms with Gasteiger partial charge in [0.1, 0.15) is 11.5 Å². The molecule has 0 amide bonds. The Kier molecular flexibility index (Phi) is 3.94. The summed E-state index contributed by atoms with van der Waals surface area (Å²) in [4.78, 5) is 0. The fourth-order valence-corrected chi connectivity index (χ4v) is 1.30. The summed E-state index contributed by atoms with van der Waals surface area (Å²) in [6, 6.07) is 4.91. The number of nitrogens with two attached hydrogens (primary N) is 1. The normalized spacial score (nSPS) is 14.5. The first kappa shape index (κ1) is 11.8. The van der Waals surface area contributed by atoms with Crippen LogP contribution in [0.4, 0.5) is 0 Å². The summed E-state index contributed by atoms with van der Waals surface area (Å²) < 4.78 is 10.2. The number of methoxy groups -OCH3 is 2. The molecule has 0 saturated heterocycles. The lowest BCUT2D eigenvalue weighted by Crippen LogP contribution is -2.23. The van der Waals surface area contributed by atoms with Gasteiger partial charge in [-0.25, -0.2) is 0 Å². The van der Waals surface area contributed by atoms with Gasteiger partial charge in [0, 0.05) is 6.07 Å². The van der Waals surface area contributed by atoms with Crippen LogP contribution in [0.5, 0.6) is 11.5 Å². The predicted octanol–water partition coefficient (Wildman–Crippen LogP) is 1.08. The summed E-state index contributed by atoms with van der Waals surface area (Å²) in [5, 5.41) is 9.39.